The van der Waals surface area contributed by atoms with Gasteiger partial charge >= 0.3 is 24.3 Å². The topological polar surface area (TPSA) is 215 Å². The zero-order valence-electron chi connectivity index (χ0n) is 27.1. The van der Waals surface area contributed by atoms with E-state index in [0.29, 0.717) is 17.0 Å². The van der Waals surface area contributed by atoms with Crippen LogP contribution in [0, 0.1) is 6.92 Å². The van der Waals surface area contributed by atoms with Crippen LogP contribution in [0.25, 0.3) is 10.9 Å². The van der Waals surface area contributed by atoms with Crippen molar-refractivity contribution in [1.29, 1.82) is 0 Å². The number of amides is 1. The molecule has 4 aromatic rings. The SMILES string of the molecule is Cc1cc(COc2ccc(S(=O)(=O)CC3(CC(=O)NO)CC(c4cccnc4)=NO3)cc2)c2ccccc2n1.O=C(O)C(F)(F)F.O=C(O)C(F)(F)F. The Labute approximate surface area is 295 Å². The first-order chi connectivity index (χ1) is 24.7. The zero-order chi connectivity index (χ0) is 39.6. The monoisotopic (exact) mass is 774 g/mol. The number of alkyl halides is 6. The number of hydrogen-bond acceptors (Lipinski definition) is 11. The Hall–Kier alpha value is -5.83. The number of hydroxylamine groups is 1. The smallest absolute Gasteiger partial charge is 0.489 e. The highest BCUT2D eigenvalue weighted by Gasteiger charge is 2.46. The molecular formula is C32H28F6N4O10S. The van der Waals surface area contributed by atoms with Gasteiger partial charge in [-0.3, -0.25) is 20.0 Å². The predicted molar refractivity (Wildman–Crippen MR) is 170 cm³/mol. The number of ether oxygens (including phenoxy) is 1. The van der Waals surface area contributed by atoms with Crippen molar-refractivity contribution in [3.8, 4) is 5.75 Å². The Morgan fingerprint density at radius 2 is 1.55 bits per heavy atom. The van der Waals surface area contributed by atoms with E-state index in [4.69, 9.17) is 34.6 Å². The number of aryl methyl sites for hydroxylation is 1. The van der Waals surface area contributed by atoms with Gasteiger partial charge in [0.15, 0.2) is 15.4 Å². The number of para-hydroxylation sites is 1. The molecule has 2 aromatic heterocycles. The van der Waals surface area contributed by atoms with Crippen LogP contribution in [0.3, 0.4) is 0 Å². The van der Waals surface area contributed by atoms with E-state index < -0.39 is 57.8 Å². The van der Waals surface area contributed by atoms with Gasteiger partial charge < -0.3 is 19.8 Å². The average Bonchev–Trinajstić information content (AvgIpc) is 3.49. The molecule has 0 radical (unpaired) electrons. The van der Waals surface area contributed by atoms with Crippen molar-refractivity contribution in [3.63, 3.8) is 0 Å². The lowest BCUT2D eigenvalue weighted by molar-refractivity contribution is -0.193. The summed E-state index contributed by atoms with van der Waals surface area (Å²) >= 11 is 0. The summed E-state index contributed by atoms with van der Waals surface area (Å²) in [6.07, 6.45) is -7.35. The number of carbonyl (C=O) groups excluding carboxylic acids is 1. The molecule has 14 nitrogen and oxygen atoms in total. The third-order valence-electron chi connectivity index (χ3n) is 6.89. The van der Waals surface area contributed by atoms with Gasteiger partial charge in [0.1, 0.15) is 12.4 Å². The quantitative estimate of drug-likeness (QED) is 0.100. The third-order valence-corrected chi connectivity index (χ3v) is 8.78. The number of aliphatic carboxylic acids is 2. The van der Waals surface area contributed by atoms with E-state index in [1.165, 1.54) is 12.1 Å². The van der Waals surface area contributed by atoms with Gasteiger partial charge in [-0.2, -0.15) is 26.3 Å². The maximum Gasteiger partial charge on any atom is 0.490 e. The zero-order valence-corrected chi connectivity index (χ0v) is 27.9. The molecular weight excluding hydrogens is 746 g/mol. The number of benzene rings is 2. The van der Waals surface area contributed by atoms with Crippen LogP contribution in [-0.2, 0) is 35.7 Å². The summed E-state index contributed by atoms with van der Waals surface area (Å²) in [5.74, 6) is -6.32. The van der Waals surface area contributed by atoms with Gasteiger partial charge in [-0.05, 0) is 55.5 Å². The fourth-order valence-electron chi connectivity index (χ4n) is 4.61. The van der Waals surface area contributed by atoms with E-state index in [2.05, 4.69) is 15.1 Å². The van der Waals surface area contributed by atoms with E-state index in [-0.39, 0.29) is 17.9 Å². The second-order valence-corrected chi connectivity index (χ2v) is 13.0. The van der Waals surface area contributed by atoms with Crippen molar-refractivity contribution < 1.29 is 74.1 Å². The standard InChI is InChI=1S/C28H26N4O6S.2C2HF3O2/c1-19-13-21(24-6-2-3-7-25(24)30-19)17-37-22-8-10-23(11-9-22)39(35,36)18-28(15-27(33)31-34)14-26(32-38-28)20-5-4-12-29-16-20;2*3-2(4,5)1(6)7/h2-13,16,34H,14-15,17-18H2,1H3,(H,31,33);2*(H,6,7). The number of carboxylic acids is 2. The summed E-state index contributed by atoms with van der Waals surface area (Å²) in [6, 6.07) is 19.3. The fraction of sp³-hybridized carbons (Fsp3) is 0.250. The molecule has 1 aliphatic heterocycles. The third kappa shape index (κ3) is 12.1. The number of fused-ring (bicyclic) bond motifs is 1. The number of oxime groups is 1. The Balaban J connectivity index is 0.000000458. The molecule has 0 fully saturated rings. The molecule has 0 aliphatic carbocycles. The van der Waals surface area contributed by atoms with Crippen LogP contribution in [0.5, 0.6) is 5.75 Å². The highest BCUT2D eigenvalue weighted by molar-refractivity contribution is 7.91. The minimum Gasteiger partial charge on any atom is -0.489 e. The van der Waals surface area contributed by atoms with Crippen LogP contribution >= 0.6 is 0 Å². The molecule has 2 aromatic carbocycles. The fourth-order valence-corrected chi connectivity index (χ4v) is 6.28. The van der Waals surface area contributed by atoms with E-state index in [9.17, 15) is 39.6 Å². The number of rotatable bonds is 9. The number of aromatic nitrogens is 2. The number of sulfone groups is 1. The molecule has 0 saturated heterocycles. The molecule has 1 aliphatic rings. The molecule has 0 bridgehead atoms. The molecule has 4 N–H and O–H groups in total. The van der Waals surface area contributed by atoms with Crippen molar-refractivity contribution in [2.75, 3.05) is 5.75 Å². The lowest BCUT2D eigenvalue weighted by atomic mass is 9.93. The maximum absolute atomic E-state index is 13.4. The number of pyridine rings is 2. The van der Waals surface area contributed by atoms with Crippen molar-refractivity contribution in [2.45, 2.75) is 49.2 Å². The largest absolute Gasteiger partial charge is 0.490 e. The number of carboxylic acid groups (broad SMARTS) is 2. The molecule has 284 valence electrons. The van der Waals surface area contributed by atoms with Crippen molar-refractivity contribution in [1.82, 2.24) is 15.4 Å². The highest BCUT2D eigenvalue weighted by Crippen LogP contribution is 2.34. The number of halogens is 6. The number of hydrogen-bond donors (Lipinski definition) is 4. The molecule has 53 heavy (non-hydrogen) atoms. The second-order valence-electron chi connectivity index (χ2n) is 11.0. The van der Waals surface area contributed by atoms with Crippen LogP contribution in [0.4, 0.5) is 26.3 Å². The van der Waals surface area contributed by atoms with Crippen molar-refractivity contribution in [3.05, 3.63) is 95.9 Å². The normalized spacial score (nSPS) is 15.4. The molecule has 0 saturated carbocycles. The molecule has 1 amide bonds. The first-order valence-corrected chi connectivity index (χ1v) is 16.3. The van der Waals surface area contributed by atoms with Gasteiger partial charge in [0.25, 0.3) is 0 Å². The molecule has 21 heteroatoms. The molecule has 1 unspecified atom stereocenters. The number of carbonyl (C=O) groups is 3. The van der Waals surface area contributed by atoms with Gasteiger partial charge in [0.2, 0.25) is 5.91 Å². The van der Waals surface area contributed by atoms with Crippen LogP contribution < -0.4 is 10.2 Å². The van der Waals surface area contributed by atoms with Gasteiger partial charge in [-0.25, -0.2) is 23.5 Å². The van der Waals surface area contributed by atoms with Crippen LogP contribution in [0.1, 0.15) is 29.7 Å². The average molecular weight is 775 g/mol. The molecule has 0 spiro atoms. The van der Waals surface area contributed by atoms with E-state index in [0.717, 1.165) is 22.2 Å². The Morgan fingerprint density at radius 1 is 0.943 bits per heavy atom. The summed E-state index contributed by atoms with van der Waals surface area (Å²) < 4.78 is 96.2. The van der Waals surface area contributed by atoms with Crippen LogP contribution in [0.2, 0.25) is 0 Å². The second kappa shape index (κ2) is 17.1. The highest BCUT2D eigenvalue weighted by atomic mass is 32.2. The minimum atomic E-state index is -5.08. The first kappa shape index (κ1) is 41.6. The maximum atomic E-state index is 13.4. The predicted octanol–water partition coefficient (Wildman–Crippen LogP) is 5.02. The number of nitrogens with zero attached hydrogens (tertiary/aromatic N) is 3. The van der Waals surface area contributed by atoms with E-state index >= 15 is 0 Å². The van der Waals surface area contributed by atoms with Crippen LogP contribution in [0.15, 0.2) is 89.2 Å². The molecule has 3 heterocycles. The van der Waals surface area contributed by atoms with Crippen molar-refractivity contribution >= 4 is 44.3 Å². The van der Waals surface area contributed by atoms with Crippen LogP contribution in [-0.4, -0.2) is 81.1 Å². The Kier molecular flexibility index (Phi) is 13.4. The summed E-state index contributed by atoms with van der Waals surface area (Å²) in [5, 5.41) is 28.4. The Bertz CT molecular complexity index is 2040. The summed E-state index contributed by atoms with van der Waals surface area (Å²) in [5.41, 5.74) is 3.90. The number of nitrogens with one attached hydrogen (secondary N) is 1. The van der Waals surface area contributed by atoms with Gasteiger partial charge in [0, 0.05) is 41.0 Å². The molecule has 1 atom stereocenters. The summed E-state index contributed by atoms with van der Waals surface area (Å²) in [4.78, 5) is 44.1. The van der Waals surface area contributed by atoms with Gasteiger partial charge in [0.05, 0.1) is 28.3 Å². The van der Waals surface area contributed by atoms with Gasteiger partial charge in [-0.1, -0.05) is 23.4 Å². The van der Waals surface area contributed by atoms with Gasteiger partial charge in [-0.15, -0.1) is 0 Å². The lowest BCUT2D eigenvalue weighted by Gasteiger charge is -2.25. The van der Waals surface area contributed by atoms with Crippen molar-refractivity contribution in [2.24, 2.45) is 5.16 Å². The van der Waals surface area contributed by atoms with E-state index in [1.54, 1.807) is 42.1 Å². The van der Waals surface area contributed by atoms with E-state index in [1.807, 2.05) is 37.3 Å². The lowest BCUT2D eigenvalue weighted by Crippen LogP contribution is -2.42. The minimum absolute atomic E-state index is 0.0438. The molecule has 5 rings (SSSR count). The first-order valence-electron chi connectivity index (χ1n) is 14.7. The summed E-state index contributed by atoms with van der Waals surface area (Å²) in [7, 11) is -3.92. The Morgan fingerprint density at radius 3 is 2.09 bits per heavy atom. The summed E-state index contributed by atoms with van der Waals surface area (Å²) in [6.45, 7) is 2.21.